The molecule has 1 fully saturated rings. The summed E-state index contributed by atoms with van der Waals surface area (Å²) in [4.78, 5) is 0. The van der Waals surface area contributed by atoms with Crippen molar-refractivity contribution in [1.29, 1.82) is 0 Å². The molecule has 1 saturated carbocycles. The van der Waals surface area contributed by atoms with Gasteiger partial charge in [0.15, 0.2) is 0 Å². The first-order valence-corrected chi connectivity index (χ1v) is 9.33. The number of benzene rings is 1. The van der Waals surface area contributed by atoms with Gasteiger partial charge in [0.1, 0.15) is 36.6 Å². The summed E-state index contributed by atoms with van der Waals surface area (Å²) in [6.07, 6.45) is -0.598. The molecule has 154 valence electrons. The van der Waals surface area contributed by atoms with Gasteiger partial charge in [0.25, 0.3) is 0 Å². The fraction of sp³-hybridized carbons (Fsp3) is 0.455. The summed E-state index contributed by atoms with van der Waals surface area (Å²) in [5.41, 5.74) is 0.945. The number of rotatable bonds is 12. The smallest absolute Gasteiger partial charge is 0.115 e. The molecule has 2 rings (SSSR count). The summed E-state index contributed by atoms with van der Waals surface area (Å²) in [7, 11) is 0. The Labute approximate surface area is 166 Å². The minimum Gasteiger partial charge on any atom is -0.387 e. The third kappa shape index (κ3) is 5.85. The molecule has 0 heterocycles. The van der Waals surface area contributed by atoms with E-state index in [1.165, 1.54) is 0 Å². The molecular formula is C22H30O6. The lowest BCUT2D eigenvalue weighted by Gasteiger charge is -2.46. The van der Waals surface area contributed by atoms with Crippen LogP contribution in [0.1, 0.15) is 5.56 Å². The highest BCUT2D eigenvalue weighted by Crippen LogP contribution is 2.31. The van der Waals surface area contributed by atoms with Crippen LogP contribution < -0.4 is 0 Å². The molecule has 0 bridgehead atoms. The molecule has 6 atom stereocenters. The van der Waals surface area contributed by atoms with Gasteiger partial charge in [0.2, 0.25) is 0 Å². The van der Waals surface area contributed by atoms with Gasteiger partial charge in [-0.1, -0.05) is 48.6 Å². The molecule has 0 radical (unpaired) electrons. The quantitative estimate of drug-likeness (QED) is 0.532. The molecular weight excluding hydrogens is 360 g/mol. The monoisotopic (exact) mass is 390 g/mol. The van der Waals surface area contributed by atoms with E-state index in [9.17, 15) is 10.2 Å². The van der Waals surface area contributed by atoms with Crippen LogP contribution in [0.4, 0.5) is 0 Å². The Hall–Kier alpha value is -1.80. The van der Waals surface area contributed by atoms with E-state index < -0.39 is 36.6 Å². The second kappa shape index (κ2) is 11.9. The first-order valence-electron chi connectivity index (χ1n) is 9.33. The van der Waals surface area contributed by atoms with E-state index in [1.807, 2.05) is 30.3 Å². The molecule has 1 aromatic rings. The molecule has 1 aromatic carbocycles. The Bertz CT molecular complexity index is 604. The predicted molar refractivity (Wildman–Crippen MR) is 107 cm³/mol. The van der Waals surface area contributed by atoms with Gasteiger partial charge in [-0.25, -0.2) is 0 Å². The topological polar surface area (TPSA) is 77.4 Å². The maximum Gasteiger partial charge on any atom is 0.115 e. The molecule has 2 N–H and O–H groups in total. The van der Waals surface area contributed by atoms with Gasteiger partial charge >= 0.3 is 0 Å². The minimum absolute atomic E-state index is 0.201. The SMILES string of the molecule is C=CCO[C@@H]1[C@@H](OCC=C)[C@H](OCc2ccccc2)[C@@H](O)[C@@H](O)[C@H]1OCC=C. The second-order valence-electron chi connectivity index (χ2n) is 6.50. The summed E-state index contributed by atoms with van der Waals surface area (Å²) < 4.78 is 23.4. The highest BCUT2D eigenvalue weighted by atomic mass is 16.6. The van der Waals surface area contributed by atoms with Gasteiger partial charge < -0.3 is 29.2 Å². The van der Waals surface area contributed by atoms with Gasteiger partial charge in [-0.05, 0) is 5.56 Å². The van der Waals surface area contributed by atoms with E-state index >= 15 is 0 Å². The lowest BCUT2D eigenvalue weighted by atomic mass is 9.84. The van der Waals surface area contributed by atoms with Crippen LogP contribution in [0.5, 0.6) is 0 Å². The van der Waals surface area contributed by atoms with Crippen LogP contribution >= 0.6 is 0 Å². The van der Waals surface area contributed by atoms with Crippen molar-refractivity contribution in [1.82, 2.24) is 0 Å². The Morgan fingerprint density at radius 2 is 1.11 bits per heavy atom. The van der Waals surface area contributed by atoms with Crippen molar-refractivity contribution >= 4 is 0 Å². The number of hydrogen-bond donors (Lipinski definition) is 2. The fourth-order valence-corrected chi connectivity index (χ4v) is 3.22. The van der Waals surface area contributed by atoms with Crippen LogP contribution in [-0.2, 0) is 25.6 Å². The lowest BCUT2D eigenvalue weighted by molar-refractivity contribution is -0.262. The van der Waals surface area contributed by atoms with Crippen molar-refractivity contribution in [3.8, 4) is 0 Å². The van der Waals surface area contributed by atoms with Gasteiger partial charge in [-0.15, -0.1) is 19.7 Å². The van der Waals surface area contributed by atoms with E-state index in [0.717, 1.165) is 5.56 Å². The van der Waals surface area contributed by atoms with Crippen LogP contribution in [0.25, 0.3) is 0 Å². The highest BCUT2D eigenvalue weighted by Gasteiger charge is 2.52. The van der Waals surface area contributed by atoms with E-state index in [1.54, 1.807) is 18.2 Å². The fourth-order valence-electron chi connectivity index (χ4n) is 3.22. The number of aliphatic hydroxyl groups is 2. The minimum atomic E-state index is -1.21. The molecule has 6 heteroatoms. The highest BCUT2D eigenvalue weighted by molar-refractivity contribution is 5.14. The van der Waals surface area contributed by atoms with Crippen LogP contribution in [0.3, 0.4) is 0 Å². The van der Waals surface area contributed by atoms with Crippen molar-refractivity contribution in [3.63, 3.8) is 0 Å². The van der Waals surface area contributed by atoms with Crippen molar-refractivity contribution in [2.45, 2.75) is 43.2 Å². The van der Waals surface area contributed by atoms with Gasteiger partial charge in [-0.2, -0.15) is 0 Å². The molecule has 6 nitrogen and oxygen atoms in total. The van der Waals surface area contributed by atoms with Crippen molar-refractivity contribution in [2.24, 2.45) is 0 Å². The van der Waals surface area contributed by atoms with Crippen LogP contribution in [0.15, 0.2) is 68.3 Å². The molecule has 0 unspecified atom stereocenters. The Kier molecular flexibility index (Phi) is 9.57. The zero-order chi connectivity index (χ0) is 20.4. The van der Waals surface area contributed by atoms with Crippen molar-refractivity contribution < 1.29 is 29.2 Å². The van der Waals surface area contributed by atoms with Gasteiger partial charge in [0, 0.05) is 0 Å². The van der Waals surface area contributed by atoms with Gasteiger partial charge in [-0.3, -0.25) is 0 Å². The molecule has 0 spiro atoms. The molecule has 1 aliphatic rings. The molecule has 0 aromatic heterocycles. The third-order valence-corrected chi connectivity index (χ3v) is 4.50. The Morgan fingerprint density at radius 3 is 1.57 bits per heavy atom. The van der Waals surface area contributed by atoms with E-state index in [2.05, 4.69) is 19.7 Å². The molecule has 0 amide bonds. The average Bonchev–Trinajstić information content (AvgIpc) is 2.72. The normalized spacial score (nSPS) is 29.9. The van der Waals surface area contributed by atoms with E-state index in [-0.39, 0.29) is 26.4 Å². The zero-order valence-corrected chi connectivity index (χ0v) is 16.1. The Morgan fingerprint density at radius 1 is 0.679 bits per heavy atom. The Balaban J connectivity index is 2.24. The maximum atomic E-state index is 10.7. The molecule has 1 aliphatic carbocycles. The first kappa shape index (κ1) is 22.5. The van der Waals surface area contributed by atoms with Crippen LogP contribution in [0.2, 0.25) is 0 Å². The first-order chi connectivity index (χ1) is 13.6. The van der Waals surface area contributed by atoms with Crippen LogP contribution in [-0.4, -0.2) is 66.7 Å². The summed E-state index contributed by atoms with van der Waals surface area (Å²) in [5.74, 6) is 0. The van der Waals surface area contributed by atoms with Gasteiger partial charge in [0.05, 0.1) is 26.4 Å². The predicted octanol–water partition coefficient (Wildman–Crippen LogP) is 2.02. The summed E-state index contributed by atoms with van der Waals surface area (Å²) in [6, 6.07) is 9.58. The van der Waals surface area contributed by atoms with Crippen LogP contribution in [0, 0.1) is 0 Å². The molecule has 0 aliphatic heterocycles. The van der Waals surface area contributed by atoms with Crippen molar-refractivity contribution in [3.05, 3.63) is 73.9 Å². The standard InChI is InChI=1S/C22H30O6/c1-4-12-25-19-17(23)18(24)20(28-15-16-10-8-7-9-11-16)22(27-14-6-3)21(19)26-13-5-2/h4-11,17-24H,1-3,12-15H2/t17-,18+,19-,20-,21+,22+/m1/s1. The zero-order valence-electron chi connectivity index (χ0n) is 16.1. The third-order valence-electron chi connectivity index (χ3n) is 4.50. The number of ether oxygens (including phenoxy) is 4. The van der Waals surface area contributed by atoms with E-state index in [0.29, 0.717) is 0 Å². The summed E-state index contributed by atoms with van der Waals surface area (Å²) in [5, 5.41) is 21.4. The summed E-state index contributed by atoms with van der Waals surface area (Å²) >= 11 is 0. The number of aliphatic hydroxyl groups excluding tert-OH is 2. The average molecular weight is 390 g/mol. The lowest BCUT2D eigenvalue weighted by Crippen LogP contribution is -2.66. The second-order valence-corrected chi connectivity index (χ2v) is 6.50. The molecule has 0 saturated heterocycles. The molecule has 28 heavy (non-hydrogen) atoms. The summed E-state index contributed by atoms with van der Waals surface area (Å²) in [6.45, 7) is 11.9. The van der Waals surface area contributed by atoms with Crippen molar-refractivity contribution in [2.75, 3.05) is 19.8 Å². The number of hydrogen-bond acceptors (Lipinski definition) is 6. The van der Waals surface area contributed by atoms with E-state index in [4.69, 9.17) is 18.9 Å². The maximum absolute atomic E-state index is 10.7. The largest absolute Gasteiger partial charge is 0.387 e.